The van der Waals surface area contributed by atoms with Crippen molar-refractivity contribution in [2.45, 2.75) is 25.9 Å². The van der Waals surface area contributed by atoms with Gasteiger partial charge in [-0.3, -0.25) is 4.79 Å². The van der Waals surface area contributed by atoms with Crippen molar-refractivity contribution < 1.29 is 9.53 Å². The highest BCUT2D eigenvalue weighted by atomic mass is 35.5. The number of carbonyl (C=O) groups is 1. The van der Waals surface area contributed by atoms with E-state index < -0.39 is 0 Å². The highest BCUT2D eigenvalue weighted by Crippen LogP contribution is 2.24. The summed E-state index contributed by atoms with van der Waals surface area (Å²) in [7, 11) is 1.58. The molecule has 31 heavy (non-hydrogen) atoms. The van der Waals surface area contributed by atoms with Crippen LogP contribution in [0, 0.1) is 11.3 Å². The van der Waals surface area contributed by atoms with Crippen LogP contribution in [-0.4, -0.2) is 47.5 Å². The number of pyridine rings is 1. The van der Waals surface area contributed by atoms with Gasteiger partial charge in [0.15, 0.2) is 16.6 Å². The average Bonchev–Trinajstić information content (AvgIpc) is 3.42. The molecule has 1 atom stereocenters. The minimum absolute atomic E-state index is 0.0698. The van der Waals surface area contributed by atoms with Gasteiger partial charge in [-0.2, -0.15) is 20.6 Å². The molecule has 0 radical (unpaired) electrons. The number of carbonyl (C=O) groups excluding carboxylic acids is 1. The first-order chi connectivity index (χ1) is 15.0. The van der Waals surface area contributed by atoms with Crippen molar-refractivity contribution in [3.63, 3.8) is 0 Å². The van der Waals surface area contributed by atoms with Crippen molar-refractivity contribution in [1.29, 1.82) is 5.26 Å². The Morgan fingerprint density at radius 1 is 1.23 bits per heavy atom. The maximum absolute atomic E-state index is 12.8. The van der Waals surface area contributed by atoms with Crippen LogP contribution in [-0.2, 0) is 22.4 Å². The number of aromatic nitrogens is 7. The summed E-state index contributed by atoms with van der Waals surface area (Å²) < 4.78 is 7.07. The van der Waals surface area contributed by atoms with Gasteiger partial charge in [0, 0.05) is 44.0 Å². The van der Waals surface area contributed by atoms with E-state index in [2.05, 4.69) is 31.3 Å². The van der Waals surface area contributed by atoms with Crippen LogP contribution >= 0.6 is 11.6 Å². The predicted octanol–water partition coefficient (Wildman–Crippen LogP) is 2.29. The van der Waals surface area contributed by atoms with Gasteiger partial charge in [0.05, 0.1) is 29.8 Å². The first-order valence-electron chi connectivity index (χ1n) is 9.33. The van der Waals surface area contributed by atoms with E-state index in [0.717, 1.165) is 0 Å². The Hall–Kier alpha value is -3.68. The average molecular weight is 437 g/mol. The lowest BCUT2D eigenvalue weighted by Gasteiger charge is -2.16. The van der Waals surface area contributed by atoms with Crippen molar-refractivity contribution in [3.8, 4) is 11.9 Å². The molecule has 0 unspecified atom stereocenters. The Morgan fingerprint density at radius 3 is 2.71 bits per heavy atom. The van der Waals surface area contributed by atoms with Crippen molar-refractivity contribution in [2.24, 2.45) is 0 Å². The lowest BCUT2D eigenvalue weighted by molar-refractivity contribution is -0.117. The Kier molecular flexibility index (Phi) is 5.70. The van der Waals surface area contributed by atoms with Crippen LogP contribution < -0.4 is 0 Å². The fourth-order valence-electron chi connectivity index (χ4n) is 3.31. The van der Waals surface area contributed by atoms with Crippen LogP contribution in [0.1, 0.15) is 35.4 Å². The van der Waals surface area contributed by atoms with Gasteiger partial charge in [-0.1, -0.05) is 11.6 Å². The SMILES string of the molecule is CO[C@@H](C)c1c(CC(=O)Cc2cnc(-n3nccn3)c(C#N)c2)cnc2cc(Cl)nn12. The number of fused-ring (bicyclic) bond motifs is 1. The summed E-state index contributed by atoms with van der Waals surface area (Å²) in [6.07, 6.45) is 6.08. The van der Waals surface area contributed by atoms with Crippen LogP contribution in [0.5, 0.6) is 0 Å². The van der Waals surface area contributed by atoms with Gasteiger partial charge < -0.3 is 4.74 Å². The molecule has 156 valence electrons. The molecule has 4 aromatic heterocycles. The Bertz CT molecular complexity index is 1290. The Labute approximate surface area is 182 Å². The fraction of sp³-hybridized carbons (Fsp3) is 0.250. The number of nitriles is 1. The lowest BCUT2D eigenvalue weighted by atomic mass is 10.0. The molecule has 0 aliphatic rings. The normalized spacial score (nSPS) is 12.1. The monoisotopic (exact) mass is 436 g/mol. The standard InChI is InChI=1S/C20H17ClN8O2/c1-12(31-2)19-15(11-23-18-8-17(21)27-28(18)19)7-16(30)6-13-5-14(9-22)20(24-10-13)29-25-3-4-26-29/h3-5,8,10-12H,6-7H2,1-2H3/t12-/m0/s1. The third kappa shape index (κ3) is 4.14. The predicted molar refractivity (Wildman–Crippen MR) is 110 cm³/mol. The van der Waals surface area contributed by atoms with Gasteiger partial charge in [0.2, 0.25) is 0 Å². The zero-order valence-corrected chi connectivity index (χ0v) is 17.5. The van der Waals surface area contributed by atoms with Crippen molar-refractivity contribution in [1.82, 2.24) is 34.6 Å². The molecular formula is C20H17ClN8O2. The summed E-state index contributed by atoms with van der Waals surface area (Å²) >= 11 is 6.02. The van der Waals surface area contributed by atoms with Crippen molar-refractivity contribution in [3.05, 3.63) is 64.5 Å². The molecule has 11 heteroatoms. The smallest absolute Gasteiger partial charge is 0.192 e. The van der Waals surface area contributed by atoms with Crippen LogP contribution in [0.2, 0.25) is 5.15 Å². The minimum atomic E-state index is -0.322. The third-order valence-corrected chi connectivity index (χ3v) is 4.93. The molecule has 0 aliphatic heterocycles. The number of hydrogen-bond donors (Lipinski definition) is 0. The summed E-state index contributed by atoms with van der Waals surface area (Å²) in [4.78, 5) is 22.7. The molecule has 0 amide bonds. The molecule has 0 fully saturated rings. The maximum atomic E-state index is 12.8. The number of halogens is 1. The summed E-state index contributed by atoms with van der Waals surface area (Å²) in [6.45, 7) is 1.86. The summed E-state index contributed by atoms with van der Waals surface area (Å²) in [5.41, 5.74) is 2.88. The van der Waals surface area contributed by atoms with E-state index in [-0.39, 0.29) is 30.3 Å². The lowest BCUT2D eigenvalue weighted by Crippen LogP contribution is -2.15. The summed E-state index contributed by atoms with van der Waals surface area (Å²) in [5, 5.41) is 22.0. The van der Waals surface area contributed by atoms with E-state index in [1.54, 1.807) is 36.2 Å². The van der Waals surface area contributed by atoms with E-state index in [0.29, 0.717) is 33.4 Å². The Morgan fingerprint density at radius 2 is 2.00 bits per heavy atom. The van der Waals surface area contributed by atoms with Crippen molar-refractivity contribution >= 4 is 23.0 Å². The topological polar surface area (TPSA) is 124 Å². The van der Waals surface area contributed by atoms with Gasteiger partial charge in [-0.15, -0.1) is 4.80 Å². The van der Waals surface area contributed by atoms with E-state index in [1.807, 2.05) is 6.92 Å². The summed E-state index contributed by atoms with van der Waals surface area (Å²) in [6, 6.07) is 5.34. The number of methoxy groups -OCH3 is 1. The molecule has 0 saturated carbocycles. The number of Topliss-reactive ketones (excluding diaryl/α,β-unsaturated/α-hetero) is 1. The van der Waals surface area contributed by atoms with Gasteiger partial charge in [-0.25, -0.2) is 14.5 Å². The molecule has 0 saturated heterocycles. The molecule has 0 aromatic carbocycles. The van der Waals surface area contributed by atoms with Crippen LogP contribution in [0.25, 0.3) is 11.5 Å². The summed E-state index contributed by atoms with van der Waals surface area (Å²) in [5.74, 6) is 0.240. The highest BCUT2D eigenvalue weighted by Gasteiger charge is 2.20. The minimum Gasteiger partial charge on any atom is -0.375 e. The van der Waals surface area contributed by atoms with Crippen LogP contribution in [0.4, 0.5) is 0 Å². The second-order valence-corrected chi connectivity index (χ2v) is 7.21. The molecular weight excluding hydrogens is 420 g/mol. The third-order valence-electron chi connectivity index (χ3n) is 4.75. The van der Waals surface area contributed by atoms with E-state index in [9.17, 15) is 10.1 Å². The van der Waals surface area contributed by atoms with Crippen molar-refractivity contribution in [2.75, 3.05) is 7.11 Å². The van der Waals surface area contributed by atoms with Gasteiger partial charge in [0.25, 0.3) is 0 Å². The first-order valence-corrected chi connectivity index (χ1v) is 9.71. The number of hydrogen-bond acceptors (Lipinski definition) is 8. The van der Waals surface area contributed by atoms with Gasteiger partial charge in [0.1, 0.15) is 11.9 Å². The van der Waals surface area contributed by atoms with Crippen LogP contribution in [0.3, 0.4) is 0 Å². The number of ketones is 1. The fourth-order valence-corrected chi connectivity index (χ4v) is 3.48. The second kappa shape index (κ2) is 8.59. The molecule has 4 heterocycles. The first kappa shape index (κ1) is 20.6. The second-order valence-electron chi connectivity index (χ2n) is 6.82. The number of rotatable bonds is 7. The molecule has 10 nitrogen and oxygen atoms in total. The highest BCUT2D eigenvalue weighted by molar-refractivity contribution is 6.29. The van der Waals surface area contributed by atoms with Gasteiger partial charge in [-0.05, 0) is 18.6 Å². The van der Waals surface area contributed by atoms with E-state index in [4.69, 9.17) is 16.3 Å². The Balaban J connectivity index is 1.59. The van der Waals surface area contributed by atoms with E-state index in [1.165, 1.54) is 17.2 Å². The zero-order chi connectivity index (χ0) is 22.0. The quantitative estimate of drug-likeness (QED) is 0.432. The molecule has 0 N–H and O–H groups in total. The molecule has 0 spiro atoms. The zero-order valence-electron chi connectivity index (χ0n) is 16.7. The van der Waals surface area contributed by atoms with E-state index >= 15 is 0 Å². The number of nitrogens with zero attached hydrogens (tertiary/aromatic N) is 8. The molecule has 4 rings (SSSR count). The molecule has 4 aromatic rings. The number of ether oxygens (including phenoxy) is 1. The molecule has 0 aliphatic carbocycles. The van der Waals surface area contributed by atoms with Gasteiger partial charge >= 0.3 is 0 Å². The van der Waals surface area contributed by atoms with Crippen LogP contribution in [0.15, 0.2) is 36.9 Å². The largest absolute Gasteiger partial charge is 0.375 e. The molecule has 0 bridgehead atoms. The maximum Gasteiger partial charge on any atom is 0.192 e.